The maximum absolute atomic E-state index is 10.9. The van der Waals surface area contributed by atoms with Crippen LogP contribution in [0.1, 0.15) is 15.9 Å². The van der Waals surface area contributed by atoms with Crippen molar-refractivity contribution < 1.29 is 9.90 Å². The highest BCUT2D eigenvalue weighted by molar-refractivity contribution is 9.11. The maximum atomic E-state index is 10.9. The molecule has 0 aliphatic rings. The highest BCUT2D eigenvalue weighted by Crippen LogP contribution is 2.21. The van der Waals surface area contributed by atoms with E-state index < -0.39 is 5.97 Å². The van der Waals surface area contributed by atoms with Crippen LogP contribution in [-0.2, 0) is 0 Å². The van der Waals surface area contributed by atoms with E-state index in [-0.39, 0.29) is 5.56 Å². The van der Waals surface area contributed by atoms with Gasteiger partial charge in [-0.15, -0.1) is 0 Å². The van der Waals surface area contributed by atoms with E-state index in [4.69, 9.17) is 5.11 Å². The van der Waals surface area contributed by atoms with Gasteiger partial charge in [0.1, 0.15) is 0 Å². The number of hydrogen-bond acceptors (Lipinski definition) is 2. The van der Waals surface area contributed by atoms with Gasteiger partial charge in [-0.05, 0) is 18.6 Å². The fourth-order valence-electron chi connectivity index (χ4n) is 1.26. The number of aromatic carboxylic acids is 1. The Morgan fingerprint density at radius 1 is 1.60 bits per heavy atom. The zero-order valence-electron chi connectivity index (χ0n) is 8.38. The van der Waals surface area contributed by atoms with Crippen molar-refractivity contribution in [2.24, 2.45) is 0 Å². The van der Waals surface area contributed by atoms with Crippen molar-refractivity contribution in [3.05, 3.63) is 40.4 Å². The molecule has 4 heteroatoms. The number of anilines is 1. The summed E-state index contributed by atoms with van der Waals surface area (Å²) in [7, 11) is 0. The number of para-hydroxylation sites is 1. The first-order valence-corrected chi connectivity index (χ1v) is 5.21. The molecule has 0 aromatic heterocycles. The topological polar surface area (TPSA) is 49.3 Å². The number of aryl methyl sites for hydroxylation is 1. The molecular formula is C11H12BrNO2. The Hall–Kier alpha value is -1.29. The Labute approximate surface area is 96.9 Å². The van der Waals surface area contributed by atoms with Gasteiger partial charge in [0, 0.05) is 11.0 Å². The van der Waals surface area contributed by atoms with Crippen LogP contribution in [0.15, 0.2) is 29.3 Å². The van der Waals surface area contributed by atoms with Gasteiger partial charge in [-0.25, -0.2) is 4.79 Å². The molecule has 0 spiro atoms. The second-order valence-electron chi connectivity index (χ2n) is 3.17. The van der Waals surface area contributed by atoms with Crippen molar-refractivity contribution in [3.63, 3.8) is 0 Å². The van der Waals surface area contributed by atoms with Gasteiger partial charge < -0.3 is 10.4 Å². The molecule has 0 fully saturated rings. The van der Waals surface area contributed by atoms with Crippen LogP contribution in [0.4, 0.5) is 5.69 Å². The second-order valence-corrected chi connectivity index (χ2v) is 4.29. The van der Waals surface area contributed by atoms with Gasteiger partial charge in [0.05, 0.1) is 11.3 Å². The number of halogens is 1. The Morgan fingerprint density at radius 3 is 2.80 bits per heavy atom. The maximum Gasteiger partial charge on any atom is 0.337 e. The van der Waals surface area contributed by atoms with Gasteiger partial charge in [-0.3, -0.25) is 0 Å². The van der Waals surface area contributed by atoms with Crippen LogP contribution in [0.2, 0.25) is 0 Å². The minimum absolute atomic E-state index is 0.281. The number of carboxylic acids is 1. The molecule has 0 atom stereocenters. The van der Waals surface area contributed by atoms with Gasteiger partial charge >= 0.3 is 5.97 Å². The zero-order chi connectivity index (χ0) is 11.4. The number of hydrogen-bond donors (Lipinski definition) is 2. The molecule has 0 bridgehead atoms. The van der Waals surface area contributed by atoms with E-state index in [0.717, 1.165) is 10.0 Å². The van der Waals surface area contributed by atoms with E-state index in [0.29, 0.717) is 12.2 Å². The average molecular weight is 270 g/mol. The number of rotatable bonds is 4. The average Bonchev–Trinajstić information content (AvgIpc) is 2.15. The smallest absolute Gasteiger partial charge is 0.337 e. The summed E-state index contributed by atoms with van der Waals surface area (Å²) in [5.74, 6) is -0.929. The summed E-state index contributed by atoms with van der Waals surface area (Å²) in [6.07, 6.45) is 0. The predicted molar refractivity (Wildman–Crippen MR) is 64.7 cm³/mol. The largest absolute Gasteiger partial charge is 0.478 e. The summed E-state index contributed by atoms with van der Waals surface area (Å²) in [5.41, 5.74) is 1.83. The minimum atomic E-state index is -0.929. The Balaban J connectivity index is 3.02. The fraction of sp³-hybridized carbons (Fsp3) is 0.182. The lowest BCUT2D eigenvalue weighted by Gasteiger charge is -2.11. The first kappa shape index (κ1) is 11.8. The molecule has 0 amide bonds. The summed E-state index contributed by atoms with van der Waals surface area (Å²) in [6, 6.07) is 5.17. The molecule has 0 saturated carbocycles. The zero-order valence-corrected chi connectivity index (χ0v) is 9.97. The predicted octanol–water partition coefficient (Wildman–Crippen LogP) is 3.01. The van der Waals surface area contributed by atoms with E-state index in [1.54, 1.807) is 12.1 Å². The van der Waals surface area contributed by atoms with Gasteiger partial charge in [-0.1, -0.05) is 34.6 Å². The molecular weight excluding hydrogens is 258 g/mol. The first-order chi connectivity index (χ1) is 7.02. The fourth-order valence-corrected chi connectivity index (χ4v) is 1.41. The van der Waals surface area contributed by atoms with Crippen LogP contribution < -0.4 is 5.32 Å². The summed E-state index contributed by atoms with van der Waals surface area (Å²) in [5, 5.41) is 12.0. The van der Waals surface area contributed by atoms with Crippen LogP contribution in [0.25, 0.3) is 0 Å². The molecule has 15 heavy (non-hydrogen) atoms. The van der Waals surface area contributed by atoms with Crippen LogP contribution in [0.3, 0.4) is 0 Å². The second kappa shape index (κ2) is 4.98. The minimum Gasteiger partial charge on any atom is -0.478 e. The Morgan fingerprint density at radius 2 is 2.27 bits per heavy atom. The third-order valence-electron chi connectivity index (χ3n) is 1.96. The lowest BCUT2D eigenvalue weighted by molar-refractivity contribution is 0.0698. The van der Waals surface area contributed by atoms with Crippen LogP contribution in [0.5, 0.6) is 0 Å². The summed E-state index contributed by atoms with van der Waals surface area (Å²) in [6.45, 7) is 6.05. The molecule has 0 aliphatic carbocycles. The third kappa shape index (κ3) is 3.09. The van der Waals surface area contributed by atoms with E-state index in [1.165, 1.54) is 0 Å². The monoisotopic (exact) mass is 269 g/mol. The number of nitrogens with one attached hydrogen (secondary N) is 1. The van der Waals surface area contributed by atoms with Crippen molar-refractivity contribution in [3.8, 4) is 0 Å². The molecule has 2 N–H and O–H groups in total. The molecule has 80 valence electrons. The van der Waals surface area contributed by atoms with E-state index in [9.17, 15) is 4.79 Å². The highest BCUT2D eigenvalue weighted by Gasteiger charge is 2.11. The normalized spacial score (nSPS) is 9.73. The number of benzene rings is 1. The molecule has 1 aromatic rings. The van der Waals surface area contributed by atoms with Crippen LogP contribution in [-0.4, -0.2) is 17.6 Å². The van der Waals surface area contributed by atoms with Crippen LogP contribution >= 0.6 is 15.9 Å². The van der Waals surface area contributed by atoms with Gasteiger partial charge in [0.15, 0.2) is 0 Å². The van der Waals surface area contributed by atoms with Gasteiger partial charge in [0.2, 0.25) is 0 Å². The van der Waals surface area contributed by atoms with Crippen molar-refractivity contribution >= 4 is 27.6 Å². The standard InChI is InChI=1S/C11H12BrNO2/c1-7-4-3-5-9(11(14)15)10(7)13-6-8(2)12/h3-5,13H,2,6H2,1H3,(H,14,15). The molecule has 0 saturated heterocycles. The molecule has 1 aromatic carbocycles. The van der Waals surface area contributed by atoms with Crippen molar-refractivity contribution in [1.82, 2.24) is 0 Å². The molecule has 0 radical (unpaired) electrons. The van der Waals surface area contributed by atoms with Crippen molar-refractivity contribution in [2.75, 3.05) is 11.9 Å². The van der Waals surface area contributed by atoms with E-state index in [1.807, 2.05) is 13.0 Å². The molecule has 0 heterocycles. The van der Waals surface area contributed by atoms with Crippen molar-refractivity contribution in [1.29, 1.82) is 0 Å². The highest BCUT2D eigenvalue weighted by atomic mass is 79.9. The quantitative estimate of drug-likeness (QED) is 0.884. The Kier molecular flexibility index (Phi) is 3.91. The summed E-state index contributed by atoms with van der Waals surface area (Å²) < 4.78 is 0.780. The Bertz CT molecular complexity index is 402. The lowest BCUT2D eigenvalue weighted by Crippen LogP contribution is -2.08. The number of carbonyl (C=O) groups is 1. The van der Waals surface area contributed by atoms with E-state index in [2.05, 4.69) is 27.8 Å². The molecule has 3 nitrogen and oxygen atoms in total. The van der Waals surface area contributed by atoms with E-state index >= 15 is 0 Å². The SMILES string of the molecule is C=C(Br)CNc1c(C)cccc1C(=O)O. The molecule has 1 rings (SSSR count). The summed E-state index contributed by atoms with van der Waals surface area (Å²) in [4.78, 5) is 10.9. The molecule has 0 unspecified atom stereocenters. The number of carboxylic acid groups (broad SMARTS) is 1. The summed E-state index contributed by atoms with van der Waals surface area (Å²) >= 11 is 3.21. The van der Waals surface area contributed by atoms with Gasteiger partial charge in [0.25, 0.3) is 0 Å². The third-order valence-corrected chi connectivity index (χ3v) is 2.24. The van der Waals surface area contributed by atoms with Crippen LogP contribution in [0, 0.1) is 6.92 Å². The van der Waals surface area contributed by atoms with Gasteiger partial charge in [-0.2, -0.15) is 0 Å². The molecule has 0 aliphatic heterocycles. The lowest BCUT2D eigenvalue weighted by atomic mass is 10.1. The first-order valence-electron chi connectivity index (χ1n) is 4.42. The van der Waals surface area contributed by atoms with Crippen molar-refractivity contribution in [2.45, 2.75) is 6.92 Å².